The Kier molecular flexibility index (Phi) is 5.33. The Balaban J connectivity index is 1.67. The van der Waals surface area contributed by atoms with Crippen LogP contribution in [0.3, 0.4) is 0 Å². The van der Waals surface area contributed by atoms with E-state index >= 15 is 0 Å². The zero-order valence-electron chi connectivity index (χ0n) is 13.3. The summed E-state index contributed by atoms with van der Waals surface area (Å²) < 4.78 is 0. The quantitative estimate of drug-likeness (QED) is 0.833. The Labute approximate surface area is 129 Å². The molecule has 4 atom stereocenters. The fraction of sp³-hybridized carbons (Fsp3) is 1.00. The van der Waals surface area contributed by atoms with Crippen molar-refractivity contribution in [2.24, 2.45) is 0 Å². The minimum atomic E-state index is 0.802. The van der Waals surface area contributed by atoms with E-state index in [0.29, 0.717) is 0 Å². The van der Waals surface area contributed by atoms with Crippen LogP contribution in [-0.4, -0.2) is 47.1 Å². The van der Waals surface area contributed by atoms with E-state index in [-0.39, 0.29) is 0 Å². The lowest BCUT2D eigenvalue weighted by Crippen LogP contribution is -2.60. The first-order valence-electron chi connectivity index (χ1n) is 8.87. The summed E-state index contributed by atoms with van der Waals surface area (Å²) >= 11 is 2.13. The number of hydrogen-bond acceptors (Lipinski definition) is 3. The Morgan fingerprint density at radius 3 is 2.40 bits per heavy atom. The van der Waals surface area contributed by atoms with Crippen LogP contribution in [0.15, 0.2) is 0 Å². The van der Waals surface area contributed by atoms with Crippen LogP contribution in [-0.2, 0) is 0 Å². The Morgan fingerprint density at radius 1 is 1.05 bits per heavy atom. The first-order chi connectivity index (χ1) is 9.83. The van der Waals surface area contributed by atoms with Gasteiger partial charge in [0, 0.05) is 29.4 Å². The predicted octanol–water partition coefficient (Wildman–Crippen LogP) is 3.66. The van der Waals surface area contributed by atoms with Crippen LogP contribution in [0.5, 0.6) is 0 Å². The molecule has 0 aromatic carbocycles. The second-order valence-corrected chi connectivity index (χ2v) is 8.16. The van der Waals surface area contributed by atoms with E-state index < -0.39 is 0 Å². The molecule has 2 bridgehead atoms. The van der Waals surface area contributed by atoms with Crippen molar-refractivity contribution in [3.63, 3.8) is 0 Å². The van der Waals surface area contributed by atoms with Gasteiger partial charge in [-0.1, -0.05) is 19.8 Å². The van der Waals surface area contributed by atoms with Crippen molar-refractivity contribution >= 4 is 11.8 Å². The monoisotopic (exact) mass is 296 g/mol. The van der Waals surface area contributed by atoms with Crippen molar-refractivity contribution in [1.82, 2.24) is 10.2 Å². The summed E-state index contributed by atoms with van der Waals surface area (Å²) in [4.78, 5) is 3.00. The van der Waals surface area contributed by atoms with Crippen molar-refractivity contribution in [1.29, 1.82) is 0 Å². The molecule has 2 aliphatic heterocycles. The minimum absolute atomic E-state index is 0.802. The number of nitrogens with zero attached hydrogens (tertiary/aromatic N) is 1. The highest BCUT2D eigenvalue weighted by Gasteiger charge is 2.44. The molecule has 0 aromatic rings. The van der Waals surface area contributed by atoms with Crippen LogP contribution >= 0.6 is 11.8 Å². The molecule has 3 aliphatic rings. The van der Waals surface area contributed by atoms with Gasteiger partial charge in [0.15, 0.2) is 0 Å². The van der Waals surface area contributed by atoms with Gasteiger partial charge >= 0.3 is 0 Å². The topological polar surface area (TPSA) is 15.3 Å². The molecule has 3 fully saturated rings. The van der Waals surface area contributed by atoms with Gasteiger partial charge in [-0.05, 0) is 57.7 Å². The van der Waals surface area contributed by atoms with Crippen molar-refractivity contribution < 1.29 is 0 Å². The Bertz CT molecular complexity index is 295. The number of nitrogens with one attached hydrogen (secondary N) is 1. The summed E-state index contributed by atoms with van der Waals surface area (Å²) in [7, 11) is 0. The molecular formula is C17H32N2S. The van der Waals surface area contributed by atoms with Gasteiger partial charge in [0.05, 0.1) is 0 Å². The molecule has 4 unspecified atom stereocenters. The number of rotatable bonds is 5. The van der Waals surface area contributed by atoms with E-state index in [1.54, 1.807) is 0 Å². The Morgan fingerprint density at radius 2 is 1.75 bits per heavy atom. The highest BCUT2D eigenvalue weighted by atomic mass is 32.2. The maximum absolute atomic E-state index is 3.80. The summed E-state index contributed by atoms with van der Waals surface area (Å²) in [6.07, 6.45) is 15.2. The summed E-state index contributed by atoms with van der Waals surface area (Å²) in [6.45, 7) is 3.49. The lowest BCUT2D eigenvalue weighted by atomic mass is 9.80. The van der Waals surface area contributed by atoms with Gasteiger partial charge in [-0.3, -0.25) is 4.90 Å². The molecule has 2 nitrogen and oxygen atoms in total. The molecule has 3 heteroatoms. The predicted molar refractivity (Wildman–Crippen MR) is 89.5 cm³/mol. The zero-order valence-corrected chi connectivity index (χ0v) is 14.1. The molecule has 0 spiro atoms. The largest absolute Gasteiger partial charge is 0.314 e. The molecule has 2 saturated heterocycles. The van der Waals surface area contributed by atoms with Crippen molar-refractivity contribution in [3.05, 3.63) is 0 Å². The summed E-state index contributed by atoms with van der Waals surface area (Å²) in [5.74, 6) is 0. The molecule has 1 aliphatic carbocycles. The van der Waals surface area contributed by atoms with E-state index in [1.165, 1.54) is 64.3 Å². The second-order valence-electron chi connectivity index (χ2n) is 7.08. The fourth-order valence-corrected chi connectivity index (χ4v) is 5.99. The van der Waals surface area contributed by atoms with Crippen LogP contribution in [0.2, 0.25) is 0 Å². The molecular weight excluding hydrogens is 264 g/mol. The lowest BCUT2D eigenvalue weighted by Gasteiger charge is -2.53. The van der Waals surface area contributed by atoms with Crippen LogP contribution in [0.25, 0.3) is 0 Å². The van der Waals surface area contributed by atoms with Gasteiger partial charge in [-0.15, -0.1) is 0 Å². The highest BCUT2D eigenvalue weighted by molar-refractivity contribution is 7.99. The molecule has 116 valence electrons. The Hall–Kier alpha value is 0.270. The maximum atomic E-state index is 3.80. The highest BCUT2D eigenvalue weighted by Crippen LogP contribution is 2.42. The third-order valence-corrected chi connectivity index (χ3v) is 6.97. The fourth-order valence-electron chi connectivity index (χ4n) is 5.00. The summed E-state index contributed by atoms with van der Waals surface area (Å²) in [6, 6.07) is 3.47. The molecule has 0 amide bonds. The molecule has 0 aromatic heterocycles. The average molecular weight is 297 g/mol. The third-order valence-electron chi connectivity index (χ3n) is 5.82. The SMILES string of the molecule is CCCNC1CC2CCCC(C1)N2C1CCCC1SC. The van der Waals surface area contributed by atoms with Crippen LogP contribution in [0.4, 0.5) is 0 Å². The standard InChI is InChI=1S/C17H32N2S/c1-3-10-18-13-11-14-6-4-7-15(12-13)19(14)16-8-5-9-17(16)20-2/h13-18H,3-12H2,1-2H3. The van der Waals surface area contributed by atoms with Gasteiger partial charge < -0.3 is 5.32 Å². The number of fused-ring (bicyclic) bond motifs is 2. The molecule has 3 rings (SSSR count). The van der Waals surface area contributed by atoms with Crippen molar-refractivity contribution in [2.75, 3.05) is 12.8 Å². The van der Waals surface area contributed by atoms with Gasteiger partial charge in [0.2, 0.25) is 0 Å². The summed E-state index contributed by atoms with van der Waals surface area (Å²) in [5, 5.41) is 4.72. The summed E-state index contributed by atoms with van der Waals surface area (Å²) in [5.41, 5.74) is 0. The van der Waals surface area contributed by atoms with Gasteiger partial charge in [-0.2, -0.15) is 11.8 Å². The van der Waals surface area contributed by atoms with Gasteiger partial charge in [-0.25, -0.2) is 0 Å². The molecule has 2 heterocycles. The smallest absolute Gasteiger partial charge is 0.0220 e. The molecule has 1 N–H and O–H groups in total. The first-order valence-corrected chi connectivity index (χ1v) is 10.2. The lowest BCUT2D eigenvalue weighted by molar-refractivity contribution is -0.00715. The van der Waals surface area contributed by atoms with Crippen LogP contribution in [0.1, 0.15) is 64.7 Å². The average Bonchev–Trinajstić information content (AvgIpc) is 2.92. The van der Waals surface area contributed by atoms with Gasteiger partial charge in [0.1, 0.15) is 0 Å². The van der Waals surface area contributed by atoms with Crippen LogP contribution in [0, 0.1) is 0 Å². The first kappa shape index (κ1) is 15.2. The van der Waals surface area contributed by atoms with Crippen molar-refractivity contribution in [2.45, 2.75) is 94.1 Å². The third kappa shape index (κ3) is 3.05. The van der Waals surface area contributed by atoms with E-state index in [4.69, 9.17) is 0 Å². The van der Waals surface area contributed by atoms with Crippen LogP contribution < -0.4 is 5.32 Å². The number of hydrogen-bond donors (Lipinski definition) is 1. The van der Waals surface area contributed by atoms with E-state index in [0.717, 1.165) is 29.4 Å². The minimum Gasteiger partial charge on any atom is -0.314 e. The van der Waals surface area contributed by atoms with Gasteiger partial charge in [0.25, 0.3) is 0 Å². The molecule has 1 saturated carbocycles. The number of piperidine rings is 2. The van der Waals surface area contributed by atoms with E-state index in [9.17, 15) is 0 Å². The van der Waals surface area contributed by atoms with E-state index in [1.807, 2.05) is 0 Å². The molecule has 0 radical (unpaired) electrons. The maximum Gasteiger partial charge on any atom is 0.0220 e. The normalized spacial score (nSPS) is 42.0. The van der Waals surface area contributed by atoms with E-state index in [2.05, 4.69) is 35.2 Å². The zero-order chi connectivity index (χ0) is 13.9. The van der Waals surface area contributed by atoms with Crippen molar-refractivity contribution in [3.8, 4) is 0 Å². The second kappa shape index (κ2) is 7.02. The molecule has 20 heavy (non-hydrogen) atoms. The number of thioether (sulfide) groups is 1.